The van der Waals surface area contributed by atoms with E-state index in [9.17, 15) is 0 Å². The van der Waals surface area contributed by atoms with Crippen LogP contribution in [0.15, 0.2) is 52.0 Å². The largest absolute Gasteiger partial charge is 0.262 e. The molecule has 2 heterocycles. The van der Waals surface area contributed by atoms with Crippen LogP contribution in [-0.4, -0.2) is 18.6 Å². The van der Waals surface area contributed by atoms with Crippen LogP contribution >= 0.6 is 11.6 Å². The highest BCUT2D eigenvalue weighted by atomic mass is 35.5. The number of aliphatic imine (C=N–C) groups is 2. The van der Waals surface area contributed by atoms with E-state index in [1.165, 1.54) is 0 Å². The molecule has 0 spiro atoms. The van der Waals surface area contributed by atoms with E-state index in [1.807, 2.05) is 36.6 Å². The highest BCUT2D eigenvalue weighted by Crippen LogP contribution is 2.25. The average molecular weight is 229 g/mol. The van der Waals surface area contributed by atoms with E-state index in [2.05, 4.69) is 16.1 Å². The molecule has 1 atom stereocenters. The Morgan fingerprint density at radius 2 is 1.88 bits per heavy atom. The minimum absolute atomic E-state index is 0.0175. The van der Waals surface area contributed by atoms with Crippen LogP contribution in [0.5, 0.6) is 0 Å². The van der Waals surface area contributed by atoms with Gasteiger partial charge in [0.2, 0.25) is 0 Å². The number of halogens is 1. The van der Waals surface area contributed by atoms with Crippen LogP contribution in [0.25, 0.3) is 5.57 Å². The van der Waals surface area contributed by atoms with Gasteiger partial charge in [0.25, 0.3) is 0 Å². The zero-order valence-corrected chi connectivity index (χ0v) is 9.22. The third-order valence-electron chi connectivity index (χ3n) is 2.65. The van der Waals surface area contributed by atoms with Gasteiger partial charge in [-0.1, -0.05) is 23.7 Å². The van der Waals surface area contributed by atoms with Crippen molar-refractivity contribution >= 4 is 29.6 Å². The van der Waals surface area contributed by atoms with E-state index in [1.54, 1.807) is 6.21 Å². The fourth-order valence-electron chi connectivity index (χ4n) is 1.80. The Balaban J connectivity index is 1.97. The van der Waals surface area contributed by atoms with E-state index in [4.69, 9.17) is 11.6 Å². The van der Waals surface area contributed by atoms with Gasteiger partial charge in [-0.25, -0.2) is 0 Å². The van der Waals surface area contributed by atoms with Crippen molar-refractivity contribution in [2.45, 2.75) is 6.17 Å². The van der Waals surface area contributed by atoms with Gasteiger partial charge >= 0.3 is 0 Å². The molecule has 0 saturated carbocycles. The molecule has 0 N–H and O–H groups in total. The van der Waals surface area contributed by atoms with Crippen molar-refractivity contribution in [3.63, 3.8) is 0 Å². The second-order valence-electron chi connectivity index (χ2n) is 3.72. The van der Waals surface area contributed by atoms with Crippen LogP contribution < -0.4 is 0 Å². The first-order valence-electron chi connectivity index (χ1n) is 5.07. The van der Waals surface area contributed by atoms with Crippen molar-refractivity contribution in [1.82, 2.24) is 0 Å². The molecule has 0 bridgehead atoms. The van der Waals surface area contributed by atoms with Crippen molar-refractivity contribution in [3.8, 4) is 0 Å². The maximum atomic E-state index is 5.86. The van der Waals surface area contributed by atoms with Gasteiger partial charge in [0, 0.05) is 28.6 Å². The second kappa shape index (κ2) is 3.72. The summed E-state index contributed by atoms with van der Waals surface area (Å²) >= 11 is 5.86. The standard InChI is InChI=1S/C13H9ClN2/c14-12-3-1-9(2-4-12)11-7-10-5-6-15-13(10)16-8-11/h1-8,13H/t13-/m0/s1. The summed E-state index contributed by atoms with van der Waals surface area (Å²) < 4.78 is 0. The fourth-order valence-corrected chi connectivity index (χ4v) is 1.92. The number of benzene rings is 1. The number of hydrogen-bond acceptors (Lipinski definition) is 2. The van der Waals surface area contributed by atoms with E-state index < -0.39 is 0 Å². The Morgan fingerprint density at radius 1 is 1.06 bits per heavy atom. The number of dihydropyridines is 1. The zero-order valence-electron chi connectivity index (χ0n) is 8.47. The lowest BCUT2D eigenvalue weighted by atomic mass is 10.0. The molecule has 0 saturated heterocycles. The van der Waals surface area contributed by atoms with Crippen molar-refractivity contribution in [2.24, 2.45) is 9.98 Å². The van der Waals surface area contributed by atoms with Crippen LogP contribution in [0, 0.1) is 0 Å². The SMILES string of the molecule is Clc1ccc(C2=CC3=CC=N[C@H]3N=C2)cc1. The van der Waals surface area contributed by atoms with Gasteiger partial charge in [0.1, 0.15) is 0 Å². The van der Waals surface area contributed by atoms with Gasteiger partial charge < -0.3 is 0 Å². The Morgan fingerprint density at radius 3 is 2.69 bits per heavy atom. The number of fused-ring (bicyclic) bond motifs is 1. The third-order valence-corrected chi connectivity index (χ3v) is 2.90. The Bertz CT molecular complexity index is 536. The van der Waals surface area contributed by atoms with Crippen molar-refractivity contribution in [1.29, 1.82) is 0 Å². The molecule has 2 nitrogen and oxygen atoms in total. The van der Waals surface area contributed by atoms with Crippen LogP contribution in [0.4, 0.5) is 0 Å². The first kappa shape index (κ1) is 9.55. The quantitative estimate of drug-likeness (QED) is 0.706. The molecular weight excluding hydrogens is 220 g/mol. The summed E-state index contributed by atoms with van der Waals surface area (Å²) in [6, 6.07) is 7.77. The highest BCUT2D eigenvalue weighted by Gasteiger charge is 2.16. The zero-order chi connectivity index (χ0) is 11.0. The van der Waals surface area contributed by atoms with E-state index in [0.29, 0.717) is 0 Å². The molecule has 0 aromatic heterocycles. The lowest BCUT2D eigenvalue weighted by molar-refractivity contribution is 0.865. The monoisotopic (exact) mass is 228 g/mol. The highest BCUT2D eigenvalue weighted by molar-refractivity contribution is 6.30. The van der Waals surface area contributed by atoms with Crippen LogP contribution in [0.3, 0.4) is 0 Å². The van der Waals surface area contributed by atoms with E-state index in [0.717, 1.165) is 21.7 Å². The summed E-state index contributed by atoms with van der Waals surface area (Å²) in [5.74, 6) is 0. The number of allylic oxidation sites excluding steroid dienone is 2. The average Bonchev–Trinajstić information content (AvgIpc) is 2.77. The predicted molar refractivity (Wildman–Crippen MR) is 68.3 cm³/mol. The molecule has 16 heavy (non-hydrogen) atoms. The molecule has 0 radical (unpaired) electrons. The molecule has 0 fully saturated rings. The minimum Gasteiger partial charge on any atom is -0.262 e. The molecule has 3 heteroatoms. The number of rotatable bonds is 1. The van der Waals surface area contributed by atoms with Gasteiger partial charge in [0.05, 0.1) is 0 Å². The normalized spacial score (nSPS) is 21.7. The van der Waals surface area contributed by atoms with Gasteiger partial charge in [0.15, 0.2) is 6.17 Å². The summed E-state index contributed by atoms with van der Waals surface area (Å²) in [6.07, 6.45) is 7.77. The lowest BCUT2D eigenvalue weighted by Gasteiger charge is -2.12. The molecule has 1 aromatic rings. The Labute approximate surface area is 98.7 Å². The van der Waals surface area contributed by atoms with Gasteiger partial charge in [-0.2, -0.15) is 0 Å². The van der Waals surface area contributed by atoms with E-state index in [-0.39, 0.29) is 6.17 Å². The Kier molecular flexibility index (Phi) is 2.22. The smallest absolute Gasteiger partial charge is 0.165 e. The van der Waals surface area contributed by atoms with Crippen LogP contribution in [0.2, 0.25) is 5.02 Å². The van der Waals surface area contributed by atoms with Crippen molar-refractivity contribution in [2.75, 3.05) is 0 Å². The Hall–Kier alpha value is -1.67. The van der Waals surface area contributed by atoms with Crippen molar-refractivity contribution in [3.05, 3.63) is 52.6 Å². The topological polar surface area (TPSA) is 24.7 Å². The summed E-state index contributed by atoms with van der Waals surface area (Å²) in [4.78, 5) is 8.60. The van der Waals surface area contributed by atoms with E-state index >= 15 is 0 Å². The van der Waals surface area contributed by atoms with Gasteiger partial charge in [-0.15, -0.1) is 0 Å². The summed E-state index contributed by atoms with van der Waals surface area (Å²) in [5.41, 5.74) is 3.37. The molecule has 2 aliphatic heterocycles. The number of nitrogens with zero attached hydrogens (tertiary/aromatic N) is 2. The fraction of sp³-hybridized carbons (Fsp3) is 0.0769. The molecule has 78 valence electrons. The first-order valence-corrected chi connectivity index (χ1v) is 5.45. The summed E-state index contributed by atoms with van der Waals surface area (Å²) in [5, 5.41) is 0.749. The van der Waals surface area contributed by atoms with Crippen LogP contribution in [-0.2, 0) is 0 Å². The maximum Gasteiger partial charge on any atom is 0.165 e. The molecule has 0 amide bonds. The van der Waals surface area contributed by atoms with Crippen molar-refractivity contribution < 1.29 is 0 Å². The van der Waals surface area contributed by atoms with Gasteiger partial charge in [-0.05, 0) is 29.8 Å². The first-order chi connectivity index (χ1) is 7.83. The molecule has 3 rings (SSSR count). The summed E-state index contributed by atoms with van der Waals surface area (Å²) in [7, 11) is 0. The van der Waals surface area contributed by atoms with Crippen LogP contribution in [0.1, 0.15) is 5.56 Å². The number of hydrogen-bond donors (Lipinski definition) is 0. The third kappa shape index (κ3) is 1.61. The molecule has 0 aliphatic carbocycles. The summed E-state index contributed by atoms with van der Waals surface area (Å²) in [6.45, 7) is 0. The molecule has 2 aliphatic rings. The van der Waals surface area contributed by atoms with Gasteiger partial charge in [-0.3, -0.25) is 9.98 Å². The minimum atomic E-state index is -0.0175. The molecule has 0 unspecified atom stereocenters. The molecule has 1 aromatic carbocycles. The lowest BCUT2D eigenvalue weighted by Crippen LogP contribution is -2.06. The maximum absolute atomic E-state index is 5.86. The molecular formula is C13H9ClN2. The second-order valence-corrected chi connectivity index (χ2v) is 4.16. The predicted octanol–water partition coefficient (Wildman–Crippen LogP) is 3.14.